The maximum absolute atomic E-state index is 5.33. The fraction of sp³-hybridized carbons (Fsp3) is 0.167. The molecule has 3 nitrogen and oxygen atoms in total. The molecule has 0 saturated heterocycles. The first-order valence-corrected chi connectivity index (χ1v) is 9.24. The lowest BCUT2D eigenvalue weighted by molar-refractivity contribution is 0.415. The summed E-state index contributed by atoms with van der Waals surface area (Å²) in [4.78, 5) is 9.00. The monoisotopic (exact) mass is 354 g/mol. The van der Waals surface area contributed by atoms with Crippen molar-refractivity contribution in [2.45, 2.75) is 12.8 Å². The third kappa shape index (κ3) is 3.98. The standard InChI is InChI=1S/C24H22N2O/c1-27-23-8-2-5-20(16-23)19-11-9-18(10-12-19)15-21-6-4-14-26-24(21)22-7-3-13-25-17-22/h2-3,5,7-13,15-17H,4,6,14H2,1H3. The highest BCUT2D eigenvalue weighted by atomic mass is 16.5. The first kappa shape index (κ1) is 17.2. The predicted molar refractivity (Wildman–Crippen MR) is 111 cm³/mol. The van der Waals surface area contributed by atoms with Crippen molar-refractivity contribution in [1.29, 1.82) is 0 Å². The Morgan fingerprint density at radius 3 is 2.56 bits per heavy atom. The maximum Gasteiger partial charge on any atom is 0.119 e. The van der Waals surface area contributed by atoms with Crippen molar-refractivity contribution in [3.05, 3.63) is 89.8 Å². The number of hydrogen-bond acceptors (Lipinski definition) is 3. The molecule has 27 heavy (non-hydrogen) atoms. The van der Waals surface area contributed by atoms with Crippen LogP contribution in [0.25, 0.3) is 17.2 Å². The highest BCUT2D eigenvalue weighted by molar-refractivity contribution is 6.15. The topological polar surface area (TPSA) is 34.5 Å². The van der Waals surface area contributed by atoms with E-state index in [2.05, 4.69) is 53.5 Å². The average Bonchev–Trinajstić information content (AvgIpc) is 2.75. The number of allylic oxidation sites excluding steroid dienone is 1. The van der Waals surface area contributed by atoms with E-state index < -0.39 is 0 Å². The van der Waals surface area contributed by atoms with E-state index in [-0.39, 0.29) is 0 Å². The molecule has 134 valence electrons. The van der Waals surface area contributed by atoms with Gasteiger partial charge in [0.2, 0.25) is 0 Å². The molecule has 1 aromatic heterocycles. The van der Waals surface area contributed by atoms with Gasteiger partial charge in [-0.2, -0.15) is 0 Å². The van der Waals surface area contributed by atoms with Gasteiger partial charge in [-0.3, -0.25) is 9.98 Å². The van der Waals surface area contributed by atoms with Crippen LogP contribution in [-0.2, 0) is 0 Å². The van der Waals surface area contributed by atoms with Gasteiger partial charge >= 0.3 is 0 Å². The van der Waals surface area contributed by atoms with Crippen LogP contribution in [0.2, 0.25) is 0 Å². The van der Waals surface area contributed by atoms with Crippen molar-refractivity contribution in [2.75, 3.05) is 13.7 Å². The molecule has 0 radical (unpaired) electrons. The minimum Gasteiger partial charge on any atom is -0.497 e. The summed E-state index contributed by atoms with van der Waals surface area (Å²) in [6.45, 7) is 0.885. The van der Waals surface area contributed by atoms with Crippen molar-refractivity contribution in [3.8, 4) is 16.9 Å². The summed E-state index contributed by atoms with van der Waals surface area (Å²) in [5.41, 5.74) is 6.98. The molecule has 0 N–H and O–H groups in total. The average molecular weight is 354 g/mol. The van der Waals surface area contributed by atoms with Crippen LogP contribution >= 0.6 is 0 Å². The van der Waals surface area contributed by atoms with Gasteiger partial charge in [-0.1, -0.05) is 36.4 Å². The molecule has 0 aliphatic carbocycles. The van der Waals surface area contributed by atoms with E-state index in [1.165, 1.54) is 16.7 Å². The summed E-state index contributed by atoms with van der Waals surface area (Å²) >= 11 is 0. The number of aromatic nitrogens is 1. The van der Waals surface area contributed by atoms with Crippen LogP contribution in [0.5, 0.6) is 5.75 Å². The zero-order valence-electron chi connectivity index (χ0n) is 15.4. The van der Waals surface area contributed by atoms with Gasteiger partial charge in [0.1, 0.15) is 5.75 Å². The van der Waals surface area contributed by atoms with Gasteiger partial charge in [0.25, 0.3) is 0 Å². The zero-order chi connectivity index (χ0) is 18.5. The Morgan fingerprint density at radius 2 is 1.78 bits per heavy atom. The van der Waals surface area contributed by atoms with Gasteiger partial charge in [-0.15, -0.1) is 0 Å². The number of nitrogens with zero attached hydrogens (tertiary/aromatic N) is 2. The lowest BCUT2D eigenvalue weighted by atomic mass is 9.94. The molecule has 3 aromatic rings. The van der Waals surface area contributed by atoms with Crippen LogP contribution < -0.4 is 4.74 Å². The van der Waals surface area contributed by atoms with Gasteiger partial charge in [0.15, 0.2) is 0 Å². The summed E-state index contributed by atoms with van der Waals surface area (Å²) in [6.07, 6.45) is 8.08. The molecular weight excluding hydrogens is 332 g/mol. The molecular formula is C24H22N2O. The number of hydrogen-bond donors (Lipinski definition) is 0. The second-order valence-electron chi connectivity index (χ2n) is 6.60. The second-order valence-corrected chi connectivity index (χ2v) is 6.60. The fourth-order valence-electron chi connectivity index (χ4n) is 3.38. The molecule has 0 fully saturated rings. The molecule has 3 heteroatoms. The Morgan fingerprint density at radius 1 is 0.926 bits per heavy atom. The molecule has 0 amide bonds. The molecule has 1 aliphatic rings. The third-order valence-corrected chi connectivity index (χ3v) is 4.77. The van der Waals surface area contributed by atoms with E-state index in [1.54, 1.807) is 13.3 Å². The molecule has 0 saturated carbocycles. The molecule has 0 bridgehead atoms. The SMILES string of the molecule is COc1cccc(-c2ccc(C=C3CCCN=C3c3cccnc3)cc2)c1. The fourth-order valence-corrected chi connectivity index (χ4v) is 3.38. The Bertz CT molecular complexity index is 973. The van der Waals surface area contributed by atoms with Gasteiger partial charge in [-0.05, 0) is 65.4 Å². The van der Waals surface area contributed by atoms with Gasteiger partial charge < -0.3 is 4.74 Å². The zero-order valence-corrected chi connectivity index (χ0v) is 15.4. The van der Waals surface area contributed by atoms with Crippen LogP contribution in [0.15, 0.2) is 83.6 Å². The van der Waals surface area contributed by atoms with Crippen LogP contribution in [0.1, 0.15) is 24.0 Å². The highest BCUT2D eigenvalue weighted by Crippen LogP contribution is 2.26. The van der Waals surface area contributed by atoms with Crippen LogP contribution in [0.4, 0.5) is 0 Å². The normalized spacial score (nSPS) is 15.4. The van der Waals surface area contributed by atoms with E-state index in [9.17, 15) is 0 Å². The summed E-state index contributed by atoms with van der Waals surface area (Å²) in [6, 6.07) is 20.8. The van der Waals surface area contributed by atoms with E-state index in [1.807, 2.05) is 24.4 Å². The third-order valence-electron chi connectivity index (χ3n) is 4.77. The number of benzene rings is 2. The number of rotatable bonds is 4. The number of ether oxygens (including phenoxy) is 1. The summed E-state index contributed by atoms with van der Waals surface area (Å²) < 4.78 is 5.33. The van der Waals surface area contributed by atoms with Crippen LogP contribution in [0, 0.1) is 0 Å². The first-order valence-electron chi connectivity index (χ1n) is 9.24. The van der Waals surface area contributed by atoms with E-state index in [4.69, 9.17) is 9.73 Å². The minimum absolute atomic E-state index is 0.873. The van der Waals surface area contributed by atoms with Crippen molar-refractivity contribution in [1.82, 2.24) is 4.98 Å². The maximum atomic E-state index is 5.33. The Labute approximate surface area is 160 Å². The molecule has 2 aromatic carbocycles. The molecule has 0 unspecified atom stereocenters. The first-order chi connectivity index (χ1) is 13.3. The molecule has 4 rings (SSSR count). The van der Waals surface area contributed by atoms with Crippen LogP contribution in [-0.4, -0.2) is 24.4 Å². The van der Waals surface area contributed by atoms with Crippen LogP contribution in [0.3, 0.4) is 0 Å². The van der Waals surface area contributed by atoms with Gasteiger partial charge in [-0.25, -0.2) is 0 Å². The lowest BCUT2D eigenvalue weighted by Gasteiger charge is -2.16. The highest BCUT2D eigenvalue weighted by Gasteiger charge is 2.14. The molecule has 1 aliphatic heterocycles. The van der Waals surface area contributed by atoms with Gasteiger partial charge in [0.05, 0.1) is 12.8 Å². The number of aliphatic imine (C=N–C) groups is 1. The minimum atomic E-state index is 0.873. The Balaban J connectivity index is 1.61. The second kappa shape index (κ2) is 8.00. The van der Waals surface area contributed by atoms with Gasteiger partial charge in [0, 0.05) is 24.5 Å². The molecule has 0 spiro atoms. The van der Waals surface area contributed by atoms with E-state index in [0.717, 1.165) is 42.0 Å². The van der Waals surface area contributed by atoms with E-state index >= 15 is 0 Å². The lowest BCUT2D eigenvalue weighted by Crippen LogP contribution is -2.11. The van der Waals surface area contributed by atoms with Crippen molar-refractivity contribution >= 4 is 11.8 Å². The summed E-state index contributed by atoms with van der Waals surface area (Å²) in [5, 5.41) is 0. The van der Waals surface area contributed by atoms with E-state index in [0.29, 0.717) is 0 Å². The number of methoxy groups -OCH3 is 1. The smallest absolute Gasteiger partial charge is 0.119 e. The van der Waals surface area contributed by atoms with Crippen molar-refractivity contribution in [2.24, 2.45) is 4.99 Å². The summed E-state index contributed by atoms with van der Waals surface area (Å²) in [7, 11) is 1.69. The van der Waals surface area contributed by atoms with Crippen molar-refractivity contribution < 1.29 is 4.74 Å². The Kier molecular flexibility index (Phi) is 5.10. The largest absolute Gasteiger partial charge is 0.497 e. The Hall–Kier alpha value is -3.20. The molecule has 2 heterocycles. The quantitative estimate of drug-likeness (QED) is 0.626. The molecule has 0 atom stereocenters. The summed E-state index contributed by atoms with van der Waals surface area (Å²) in [5.74, 6) is 0.873. The number of pyridine rings is 1. The predicted octanol–water partition coefficient (Wildman–Crippen LogP) is 5.42. The van der Waals surface area contributed by atoms with Crippen molar-refractivity contribution in [3.63, 3.8) is 0 Å².